The summed E-state index contributed by atoms with van der Waals surface area (Å²) in [5, 5.41) is -0.443. The normalized spacial score (nSPS) is 19.1. The van der Waals surface area contributed by atoms with Gasteiger partial charge in [-0.1, -0.05) is 6.07 Å². The van der Waals surface area contributed by atoms with Gasteiger partial charge in [-0.05, 0) is 44.2 Å². The molecule has 0 bridgehead atoms. The van der Waals surface area contributed by atoms with Crippen LogP contribution in [0.1, 0.15) is 38.3 Å². The van der Waals surface area contributed by atoms with Gasteiger partial charge < -0.3 is 4.74 Å². The Hall–Kier alpha value is -0.980. The Morgan fingerprint density at radius 3 is 2.60 bits per heavy atom. The summed E-state index contributed by atoms with van der Waals surface area (Å²) in [6.45, 7) is 4.74. The molecule has 2 heterocycles. The highest BCUT2D eigenvalue weighted by Gasteiger charge is 2.30. The third-order valence-electron chi connectivity index (χ3n) is 3.69. The number of hydrogen-bond donors (Lipinski definition) is 1. The second-order valence-electron chi connectivity index (χ2n) is 5.43. The van der Waals surface area contributed by atoms with Gasteiger partial charge in [-0.15, -0.1) is 0 Å². The van der Waals surface area contributed by atoms with Crippen LogP contribution in [0, 0.1) is 5.92 Å². The van der Waals surface area contributed by atoms with E-state index in [1.165, 1.54) is 0 Å². The summed E-state index contributed by atoms with van der Waals surface area (Å²) < 4.78 is 32.6. The molecule has 0 amide bonds. The van der Waals surface area contributed by atoms with Crippen LogP contribution >= 0.6 is 0 Å². The predicted octanol–water partition coefficient (Wildman–Crippen LogP) is 1.88. The Balaban J connectivity index is 2.25. The quantitative estimate of drug-likeness (QED) is 0.901. The first kappa shape index (κ1) is 15.4. The second-order valence-corrected chi connectivity index (χ2v) is 7.69. The van der Waals surface area contributed by atoms with Crippen LogP contribution in [0.25, 0.3) is 0 Å². The van der Waals surface area contributed by atoms with E-state index in [9.17, 15) is 8.42 Å². The van der Waals surface area contributed by atoms with E-state index >= 15 is 0 Å². The van der Waals surface area contributed by atoms with E-state index in [1.54, 1.807) is 26.2 Å². The zero-order chi connectivity index (χ0) is 14.6. The van der Waals surface area contributed by atoms with Crippen molar-refractivity contribution in [3.8, 4) is 0 Å². The average Bonchev–Trinajstić information content (AvgIpc) is 2.46. The number of ether oxygens (including phenoxy) is 1. The number of nitrogens with zero attached hydrogens (tertiary/aromatic N) is 1. The third-order valence-corrected chi connectivity index (χ3v) is 5.52. The summed E-state index contributed by atoms with van der Waals surface area (Å²) in [5.41, 5.74) is 0.920. The Labute approximate surface area is 120 Å². The Bertz CT molecular complexity index is 510. The van der Waals surface area contributed by atoms with E-state index in [1.807, 2.05) is 12.1 Å². The first-order chi connectivity index (χ1) is 9.50. The van der Waals surface area contributed by atoms with E-state index < -0.39 is 15.3 Å². The van der Waals surface area contributed by atoms with Gasteiger partial charge in [0.1, 0.15) is 0 Å². The van der Waals surface area contributed by atoms with Crippen molar-refractivity contribution >= 4 is 10.0 Å². The summed E-state index contributed by atoms with van der Waals surface area (Å²) in [6.07, 6.45) is 5.16. The SMILES string of the molecule is CC(C)S(=O)(=O)NC(c1cccnc1)C1CCOCC1. The molecule has 5 nitrogen and oxygen atoms in total. The maximum Gasteiger partial charge on any atom is 0.214 e. The van der Waals surface area contributed by atoms with Gasteiger partial charge in [0, 0.05) is 25.6 Å². The lowest BCUT2D eigenvalue weighted by Gasteiger charge is -2.31. The number of aromatic nitrogens is 1. The Kier molecular flexibility index (Phi) is 5.12. The van der Waals surface area contributed by atoms with Crippen LogP contribution < -0.4 is 4.72 Å². The minimum absolute atomic E-state index is 0.222. The second kappa shape index (κ2) is 6.65. The largest absolute Gasteiger partial charge is 0.381 e. The third kappa shape index (κ3) is 3.77. The van der Waals surface area contributed by atoms with Crippen LogP contribution in [-0.4, -0.2) is 31.9 Å². The summed E-state index contributed by atoms with van der Waals surface area (Å²) in [4.78, 5) is 4.11. The smallest absolute Gasteiger partial charge is 0.214 e. The van der Waals surface area contributed by atoms with Crippen molar-refractivity contribution < 1.29 is 13.2 Å². The highest BCUT2D eigenvalue weighted by atomic mass is 32.2. The Morgan fingerprint density at radius 1 is 1.35 bits per heavy atom. The first-order valence-electron chi connectivity index (χ1n) is 6.99. The zero-order valence-corrected chi connectivity index (χ0v) is 12.8. The maximum absolute atomic E-state index is 12.2. The molecule has 1 unspecified atom stereocenters. The lowest BCUT2D eigenvalue weighted by molar-refractivity contribution is 0.0564. The lowest BCUT2D eigenvalue weighted by atomic mass is 9.88. The zero-order valence-electron chi connectivity index (χ0n) is 12.0. The highest BCUT2D eigenvalue weighted by Crippen LogP contribution is 2.30. The van der Waals surface area contributed by atoms with Gasteiger partial charge in [-0.2, -0.15) is 0 Å². The number of hydrogen-bond acceptors (Lipinski definition) is 4. The number of nitrogens with one attached hydrogen (secondary N) is 1. The number of rotatable bonds is 5. The fraction of sp³-hybridized carbons (Fsp3) is 0.643. The standard InChI is InChI=1S/C14H22N2O3S/c1-11(2)20(17,18)16-14(12-5-8-19-9-6-12)13-4-3-7-15-10-13/h3-4,7,10-12,14,16H,5-6,8-9H2,1-2H3. The molecular formula is C14H22N2O3S. The monoisotopic (exact) mass is 298 g/mol. The summed E-state index contributed by atoms with van der Waals surface area (Å²) >= 11 is 0. The van der Waals surface area contributed by atoms with E-state index in [0.29, 0.717) is 13.2 Å². The molecule has 0 radical (unpaired) electrons. The topological polar surface area (TPSA) is 68.3 Å². The van der Waals surface area contributed by atoms with Crippen LogP contribution in [-0.2, 0) is 14.8 Å². The van der Waals surface area contributed by atoms with Crippen molar-refractivity contribution in [3.63, 3.8) is 0 Å². The van der Waals surface area contributed by atoms with Gasteiger partial charge in [0.2, 0.25) is 10.0 Å². The molecule has 1 aromatic heterocycles. The molecule has 1 N–H and O–H groups in total. The lowest BCUT2D eigenvalue weighted by Crippen LogP contribution is -2.39. The van der Waals surface area contributed by atoms with Gasteiger partial charge in [0.15, 0.2) is 0 Å². The number of pyridine rings is 1. The fourth-order valence-corrected chi connectivity index (χ4v) is 3.31. The van der Waals surface area contributed by atoms with Crippen molar-refractivity contribution in [1.82, 2.24) is 9.71 Å². The highest BCUT2D eigenvalue weighted by molar-refractivity contribution is 7.90. The van der Waals surface area contributed by atoms with Gasteiger partial charge in [0.25, 0.3) is 0 Å². The molecular weight excluding hydrogens is 276 g/mol. The molecule has 6 heteroatoms. The van der Waals surface area contributed by atoms with Crippen LogP contribution in [0.15, 0.2) is 24.5 Å². The molecule has 0 spiro atoms. The first-order valence-corrected chi connectivity index (χ1v) is 8.54. The minimum Gasteiger partial charge on any atom is -0.381 e. The van der Waals surface area contributed by atoms with Crippen molar-refractivity contribution in [2.24, 2.45) is 5.92 Å². The van der Waals surface area contributed by atoms with Gasteiger partial charge >= 0.3 is 0 Å². The summed E-state index contributed by atoms with van der Waals surface area (Å²) in [7, 11) is -3.31. The average molecular weight is 298 g/mol. The predicted molar refractivity (Wildman–Crippen MR) is 77.7 cm³/mol. The van der Waals surface area contributed by atoms with E-state index in [2.05, 4.69) is 9.71 Å². The molecule has 1 aromatic rings. The molecule has 112 valence electrons. The fourth-order valence-electron chi connectivity index (χ4n) is 2.36. The van der Waals surface area contributed by atoms with E-state index in [4.69, 9.17) is 4.74 Å². The molecule has 1 saturated heterocycles. The summed E-state index contributed by atoms with van der Waals surface area (Å²) in [5.74, 6) is 0.251. The molecule has 1 fully saturated rings. The van der Waals surface area contributed by atoms with Gasteiger partial charge in [0.05, 0.1) is 11.3 Å². The van der Waals surface area contributed by atoms with Crippen LogP contribution in [0.4, 0.5) is 0 Å². The van der Waals surface area contributed by atoms with Gasteiger partial charge in [-0.25, -0.2) is 13.1 Å². The van der Waals surface area contributed by atoms with Gasteiger partial charge in [-0.3, -0.25) is 4.98 Å². The molecule has 2 rings (SSSR count). The van der Waals surface area contributed by atoms with E-state index in [-0.39, 0.29) is 12.0 Å². The van der Waals surface area contributed by atoms with Crippen molar-refractivity contribution in [2.45, 2.75) is 38.0 Å². The van der Waals surface area contributed by atoms with Crippen LogP contribution in [0.3, 0.4) is 0 Å². The number of sulfonamides is 1. The van der Waals surface area contributed by atoms with Crippen LogP contribution in [0.2, 0.25) is 0 Å². The molecule has 1 aliphatic rings. The van der Waals surface area contributed by atoms with Crippen LogP contribution in [0.5, 0.6) is 0 Å². The molecule has 1 aliphatic heterocycles. The molecule has 0 aromatic carbocycles. The molecule has 1 atom stereocenters. The van der Waals surface area contributed by atoms with Crippen molar-refractivity contribution in [1.29, 1.82) is 0 Å². The van der Waals surface area contributed by atoms with Crippen molar-refractivity contribution in [2.75, 3.05) is 13.2 Å². The summed E-state index contributed by atoms with van der Waals surface area (Å²) in [6, 6.07) is 3.54. The molecule has 0 aliphatic carbocycles. The van der Waals surface area contributed by atoms with E-state index in [0.717, 1.165) is 18.4 Å². The molecule has 20 heavy (non-hydrogen) atoms. The Morgan fingerprint density at radius 2 is 2.05 bits per heavy atom. The van der Waals surface area contributed by atoms with Crippen molar-refractivity contribution in [3.05, 3.63) is 30.1 Å². The minimum atomic E-state index is -3.31. The maximum atomic E-state index is 12.2. The molecule has 0 saturated carbocycles.